The second kappa shape index (κ2) is 8.39. The molecule has 2 amide bonds. The van der Waals surface area contributed by atoms with Gasteiger partial charge in [0.15, 0.2) is 11.6 Å². The van der Waals surface area contributed by atoms with Gasteiger partial charge in [0.25, 0.3) is 0 Å². The molecule has 24 heavy (non-hydrogen) atoms. The summed E-state index contributed by atoms with van der Waals surface area (Å²) in [7, 11) is 0. The number of nitrogens with one attached hydrogen (secondary N) is 2. The molecule has 8 heteroatoms. The van der Waals surface area contributed by atoms with E-state index in [2.05, 4.69) is 15.7 Å². The number of benzene rings is 1. The average Bonchev–Trinajstić information content (AvgIpc) is 3.07. The Labute approximate surface area is 138 Å². The number of halogens is 2. The molecule has 0 spiro atoms. The summed E-state index contributed by atoms with van der Waals surface area (Å²) in [6, 6.07) is 3.85. The van der Waals surface area contributed by atoms with Gasteiger partial charge in [-0.15, -0.1) is 0 Å². The molecule has 130 valence electrons. The van der Waals surface area contributed by atoms with E-state index in [0.717, 1.165) is 12.1 Å². The van der Waals surface area contributed by atoms with Crippen molar-refractivity contribution in [2.24, 2.45) is 0 Å². The highest BCUT2D eigenvalue weighted by Crippen LogP contribution is 2.19. The number of hydrogen-bond acceptors (Lipinski definition) is 3. The van der Waals surface area contributed by atoms with Crippen molar-refractivity contribution in [3.05, 3.63) is 53.9 Å². The molecule has 0 bridgehead atoms. The summed E-state index contributed by atoms with van der Waals surface area (Å²) in [5, 5.41) is 19.4. The number of aromatic nitrogens is 2. The third-order valence-corrected chi connectivity index (χ3v) is 3.53. The molecule has 1 aromatic carbocycles. The molecule has 2 unspecified atom stereocenters. The Balaban J connectivity index is 1.74. The Morgan fingerprint density at radius 1 is 1.38 bits per heavy atom. The first kappa shape index (κ1) is 17.9. The summed E-state index contributed by atoms with van der Waals surface area (Å²) in [6.07, 6.45) is 3.08. The van der Waals surface area contributed by atoms with Gasteiger partial charge < -0.3 is 15.7 Å². The molecule has 0 aliphatic carbocycles. The van der Waals surface area contributed by atoms with E-state index < -0.39 is 29.8 Å². The third-order valence-electron chi connectivity index (χ3n) is 3.53. The molecular formula is C16H20F2N4O2. The van der Waals surface area contributed by atoms with Gasteiger partial charge >= 0.3 is 6.03 Å². The van der Waals surface area contributed by atoms with Gasteiger partial charge in [-0.2, -0.15) is 5.10 Å². The Bertz CT molecular complexity index is 664. The average molecular weight is 338 g/mol. The summed E-state index contributed by atoms with van der Waals surface area (Å²) in [5.41, 5.74) is 0.195. The van der Waals surface area contributed by atoms with Gasteiger partial charge in [0, 0.05) is 25.5 Å². The molecule has 3 N–H and O–H groups in total. The van der Waals surface area contributed by atoms with Crippen LogP contribution in [-0.4, -0.2) is 33.5 Å². The summed E-state index contributed by atoms with van der Waals surface area (Å²) >= 11 is 0. The normalized spacial score (nSPS) is 13.3. The molecular weight excluding hydrogens is 318 g/mol. The smallest absolute Gasteiger partial charge is 0.315 e. The molecule has 0 radical (unpaired) electrons. The van der Waals surface area contributed by atoms with Crippen molar-refractivity contribution in [1.29, 1.82) is 0 Å². The van der Waals surface area contributed by atoms with E-state index in [1.165, 1.54) is 6.07 Å². The maximum absolute atomic E-state index is 13.2. The Hall–Kier alpha value is -2.48. The lowest BCUT2D eigenvalue weighted by molar-refractivity contribution is 0.137. The number of rotatable bonds is 7. The molecule has 1 heterocycles. The van der Waals surface area contributed by atoms with Crippen LogP contribution in [0.4, 0.5) is 13.6 Å². The van der Waals surface area contributed by atoms with Gasteiger partial charge in [-0.1, -0.05) is 6.07 Å². The molecule has 0 aliphatic heterocycles. The fourth-order valence-corrected chi connectivity index (χ4v) is 2.20. The van der Waals surface area contributed by atoms with Gasteiger partial charge in [-0.3, -0.25) is 4.68 Å². The largest absolute Gasteiger partial charge is 0.386 e. The molecule has 2 aromatic rings. The maximum atomic E-state index is 13.2. The molecule has 2 rings (SSSR count). The number of carbonyl (C=O) groups excluding carboxylic acids is 1. The number of hydrogen-bond donors (Lipinski definition) is 3. The summed E-state index contributed by atoms with van der Waals surface area (Å²) in [6.45, 7) is 2.70. The monoisotopic (exact) mass is 338 g/mol. The van der Waals surface area contributed by atoms with Crippen molar-refractivity contribution in [1.82, 2.24) is 20.4 Å². The predicted molar refractivity (Wildman–Crippen MR) is 84.2 cm³/mol. The molecule has 6 nitrogen and oxygen atoms in total. The van der Waals surface area contributed by atoms with E-state index in [-0.39, 0.29) is 5.56 Å². The van der Waals surface area contributed by atoms with Crippen LogP contribution in [-0.2, 0) is 6.54 Å². The molecule has 0 saturated heterocycles. The van der Waals surface area contributed by atoms with E-state index in [0.29, 0.717) is 19.5 Å². The van der Waals surface area contributed by atoms with E-state index in [4.69, 9.17) is 0 Å². The zero-order valence-corrected chi connectivity index (χ0v) is 13.2. The number of aliphatic hydroxyl groups is 1. The van der Waals surface area contributed by atoms with Crippen molar-refractivity contribution in [2.45, 2.75) is 32.0 Å². The number of aryl methyl sites for hydroxylation is 1. The predicted octanol–water partition coefficient (Wildman–Crippen LogP) is 1.97. The minimum absolute atomic E-state index is 0.195. The van der Waals surface area contributed by atoms with Crippen molar-refractivity contribution >= 4 is 6.03 Å². The van der Waals surface area contributed by atoms with Crippen LogP contribution in [0.1, 0.15) is 25.0 Å². The Kier molecular flexibility index (Phi) is 6.25. The summed E-state index contributed by atoms with van der Waals surface area (Å²) in [5.74, 6) is -2.02. The highest BCUT2D eigenvalue weighted by atomic mass is 19.2. The Morgan fingerprint density at radius 2 is 2.17 bits per heavy atom. The van der Waals surface area contributed by atoms with E-state index >= 15 is 0 Å². The lowest BCUT2D eigenvalue weighted by atomic mass is 10.0. The van der Waals surface area contributed by atoms with Crippen LogP contribution in [0.25, 0.3) is 0 Å². The molecule has 0 fully saturated rings. The summed E-state index contributed by atoms with van der Waals surface area (Å²) in [4.78, 5) is 11.8. The minimum atomic E-state index is -1.14. The van der Waals surface area contributed by atoms with Crippen molar-refractivity contribution in [3.63, 3.8) is 0 Å². The lowest BCUT2D eigenvalue weighted by Crippen LogP contribution is -2.43. The van der Waals surface area contributed by atoms with Gasteiger partial charge in [-0.05, 0) is 37.1 Å². The molecule has 1 aromatic heterocycles. The first-order valence-electron chi connectivity index (χ1n) is 7.62. The Morgan fingerprint density at radius 3 is 2.83 bits per heavy atom. The fraction of sp³-hybridized carbons (Fsp3) is 0.375. The first-order chi connectivity index (χ1) is 11.5. The SMILES string of the molecule is CC(NC(=O)NCCCn1cccn1)C(O)c1ccc(F)c(F)c1. The molecule has 0 saturated carbocycles. The molecule has 0 aliphatic rings. The number of urea groups is 1. The number of nitrogens with zero attached hydrogens (tertiary/aromatic N) is 2. The van der Waals surface area contributed by atoms with Crippen LogP contribution in [0, 0.1) is 11.6 Å². The van der Waals surface area contributed by atoms with Gasteiger partial charge in [0.05, 0.1) is 12.1 Å². The summed E-state index contributed by atoms with van der Waals surface area (Å²) < 4.78 is 27.9. The van der Waals surface area contributed by atoms with Crippen LogP contribution >= 0.6 is 0 Å². The number of amides is 2. The minimum Gasteiger partial charge on any atom is -0.386 e. The van der Waals surface area contributed by atoms with Gasteiger partial charge in [0.1, 0.15) is 0 Å². The molecule has 2 atom stereocenters. The van der Waals surface area contributed by atoms with E-state index in [9.17, 15) is 18.7 Å². The van der Waals surface area contributed by atoms with Crippen molar-refractivity contribution in [2.75, 3.05) is 6.54 Å². The van der Waals surface area contributed by atoms with Crippen LogP contribution in [0.2, 0.25) is 0 Å². The zero-order chi connectivity index (χ0) is 17.5. The second-order valence-electron chi connectivity index (χ2n) is 5.43. The van der Waals surface area contributed by atoms with Crippen molar-refractivity contribution in [3.8, 4) is 0 Å². The topological polar surface area (TPSA) is 79.2 Å². The van der Waals surface area contributed by atoms with Crippen LogP contribution in [0.5, 0.6) is 0 Å². The standard InChI is InChI=1S/C16H20F2N4O2/c1-11(15(23)12-4-5-13(17)14(18)10-12)21-16(24)19-6-2-8-22-9-3-7-20-22/h3-5,7,9-11,15,23H,2,6,8H2,1H3,(H2,19,21,24). The maximum Gasteiger partial charge on any atom is 0.315 e. The van der Waals surface area contributed by atoms with Crippen LogP contribution < -0.4 is 10.6 Å². The van der Waals surface area contributed by atoms with Crippen LogP contribution in [0.15, 0.2) is 36.7 Å². The van der Waals surface area contributed by atoms with Gasteiger partial charge in [0.2, 0.25) is 0 Å². The zero-order valence-electron chi connectivity index (χ0n) is 13.2. The van der Waals surface area contributed by atoms with E-state index in [1.807, 2.05) is 12.3 Å². The number of carbonyl (C=O) groups is 1. The second-order valence-corrected chi connectivity index (χ2v) is 5.43. The van der Waals surface area contributed by atoms with Crippen molar-refractivity contribution < 1.29 is 18.7 Å². The first-order valence-corrected chi connectivity index (χ1v) is 7.62. The quantitative estimate of drug-likeness (QED) is 0.676. The van der Waals surface area contributed by atoms with E-state index in [1.54, 1.807) is 17.8 Å². The van der Waals surface area contributed by atoms with Crippen LogP contribution in [0.3, 0.4) is 0 Å². The number of aliphatic hydroxyl groups excluding tert-OH is 1. The van der Waals surface area contributed by atoms with Gasteiger partial charge in [-0.25, -0.2) is 13.6 Å². The lowest BCUT2D eigenvalue weighted by Gasteiger charge is -2.21. The third kappa shape index (κ3) is 5.02. The highest BCUT2D eigenvalue weighted by Gasteiger charge is 2.19. The fourth-order valence-electron chi connectivity index (χ4n) is 2.20. The highest BCUT2D eigenvalue weighted by molar-refractivity contribution is 5.74.